The average Bonchev–Trinajstić information content (AvgIpc) is 3.02. The highest BCUT2D eigenvalue weighted by Gasteiger charge is 2.22. The number of aromatic nitrogens is 1. The number of rotatable bonds is 7. The molecule has 0 fully saturated rings. The van der Waals surface area contributed by atoms with Crippen molar-refractivity contribution in [2.75, 3.05) is 5.32 Å². The fourth-order valence-corrected chi connectivity index (χ4v) is 3.76. The third kappa shape index (κ3) is 4.92. The summed E-state index contributed by atoms with van der Waals surface area (Å²) in [5.41, 5.74) is 6.87. The highest BCUT2D eigenvalue weighted by atomic mass is 32.1. The van der Waals surface area contributed by atoms with Gasteiger partial charge in [0.2, 0.25) is 11.8 Å². The van der Waals surface area contributed by atoms with Crippen LogP contribution in [0.5, 0.6) is 0 Å². The molecule has 1 aromatic carbocycles. The largest absolute Gasteiger partial charge is 0.461 e. The number of nitrogens with two attached hydrogens (primary N) is 1. The Morgan fingerprint density at radius 1 is 1.27 bits per heavy atom. The number of carbonyl (C=O) groups is 2. The van der Waals surface area contributed by atoms with Crippen LogP contribution in [0.2, 0.25) is 0 Å². The van der Waals surface area contributed by atoms with Crippen molar-refractivity contribution >= 4 is 38.4 Å². The zero-order valence-corrected chi connectivity index (χ0v) is 17.7. The summed E-state index contributed by atoms with van der Waals surface area (Å²) in [6, 6.07) is 8.33. The Kier molecular flexibility index (Phi) is 6.63. The Bertz CT molecular complexity index is 1120. The molecule has 3 aromatic rings. The van der Waals surface area contributed by atoms with E-state index in [-0.39, 0.29) is 30.7 Å². The Labute approximate surface area is 177 Å². The highest BCUT2D eigenvalue weighted by Crippen LogP contribution is 2.33. The smallest absolute Gasteiger partial charge is 0.348 e. The summed E-state index contributed by atoms with van der Waals surface area (Å²) >= 11 is 1.17. The van der Waals surface area contributed by atoms with Crippen LogP contribution in [0.3, 0.4) is 0 Å². The predicted molar refractivity (Wildman–Crippen MR) is 114 cm³/mol. The maximum atomic E-state index is 12.5. The van der Waals surface area contributed by atoms with Gasteiger partial charge in [-0.15, -0.1) is 0 Å². The first-order valence-electron chi connectivity index (χ1n) is 9.46. The van der Waals surface area contributed by atoms with Crippen LogP contribution >= 0.6 is 11.3 Å². The number of anilines is 1. The molecule has 2 heterocycles. The van der Waals surface area contributed by atoms with Crippen LogP contribution < -0.4 is 16.7 Å². The Morgan fingerprint density at radius 3 is 2.63 bits per heavy atom. The van der Waals surface area contributed by atoms with Gasteiger partial charge < -0.3 is 20.2 Å². The van der Waals surface area contributed by atoms with Crippen molar-refractivity contribution in [3.63, 3.8) is 0 Å². The molecule has 0 aliphatic rings. The second-order valence-corrected chi connectivity index (χ2v) is 8.18. The molecular formula is C21H23N3O5S. The number of carbonyl (C=O) groups excluding carboxylic acids is 2. The van der Waals surface area contributed by atoms with Gasteiger partial charge in [0, 0.05) is 11.5 Å². The van der Waals surface area contributed by atoms with Crippen LogP contribution in [-0.2, 0) is 20.9 Å². The van der Waals surface area contributed by atoms with Crippen molar-refractivity contribution in [1.82, 2.24) is 4.98 Å². The molecule has 0 bridgehead atoms. The van der Waals surface area contributed by atoms with E-state index in [1.165, 1.54) is 11.3 Å². The van der Waals surface area contributed by atoms with Crippen LogP contribution in [0.1, 0.15) is 43.3 Å². The quantitative estimate of drug-likeness (QED) is 0.552. The number of hydrogen-bond donors (Lipinski definition) is 2. The summed E-state index contributed by atoms with van der Waals surface area (Å²) in [5, 5.41) is 3.62. The molecule has 0 aliphatic heterocycles. The Balaban J connectivity index is 1.74. The minimum atomic E-state index is -0.929. The summed E-state index contributed by atoms with van der Waals surface area (Å²) in [7, 11) is 0. The monoisotopic (exact) mass is 429 g/mol. The van der Waals surface area contributed by atoms with Gasteiger partial charge in [0.25, 0.3) is 0 Å². The number of amides is 1. The molecule has 0 spiro atoms. The van der Waals surface area contributed by atoms with Crippen molar-refractivity contribution in [3.05, 3.63) is 57.8 Å². The van der Waals surface area contributed by atoms with Crippen LogP contribution in [0.15, 0.2) is 39.5 Å². The molecule has 8 nitrogen and oxygen atoms in total. The molecule has 1 unspecified atom stereocenters. The highest BCUT2D eigenvalue weighted by molar-refractivity contribution is 7.22. The lowest BCUT2D eigenvalue weighted by molar-refractivity contribution is -0.145. The normalized spacial score (nSPS) is 12.2. The van der Waals surface area contributed by atoms with Gasteiger partial charge in [0.1, 0.15) is 21.8 Å². The van der Waals surface area contributed by atoms with Gasteiger partial charge in [-0.2, -0.15) is 0 Å². The molecule has 2 aromatic heterocycles. The van der Waals surface area contributed by atoms with Crippen LogP contribution in [0.4, 0.5) is 5.00 Å². The molecular weight excluding hydrogens is 406 g/mol. The SMILES string of the molecule is Cc1c(NC(=O)C(C)C)sc2nc(C(N)CC(=O)OCc3ccccc3)oc(=O)c12. The summed E-state index contributed by atoms with van der Waals surface area (Å²) in [6.07, 6.45) is -0.185. The molecule has 3 N–H and O–H groups in total. The molecule has 0 radical (unpaired) electrons. The number of esters is 1. The van der Waals surface area contributed by atoms with Crippen molar-refractivity contribution in [2.45, 2.75) is 39.8 Å². The van der Waals surface area contributed by atoms with Crippen LogP contribution in [-0.4, -0.2) is 16.9 Å². The van der Waals surface area contributed by atoms with Gasteiger partial charge in [-0.3, -0.25) is 9.59 Å². The minimum Gasteiger partial charge on any atom is -0.461 e. The molecule has 3 rings (SSSR count). The number of aryl methyl sites for hydroxylation is 1. The topological polar surface area (TPSA) is 125 Å². The average molecular weight is 429 g/mol. The van der Waals surface area contributed by atoms with Gasteiger partial charge in [-0.25, -0.2) is 9.78 Å². The Hall–Kier alpha value is -3.04. The summed E-state index contributed by atoms with van der Waals surface area (Å²) in [5.74, 6) is -0.938. The summed E-state index contributed by atoms with van der Waals surface area (Å²) in [6.45, 7) is 5.40. The van der Waals surface area contributed by atoms with Gasteiger partial charge in [-0.1, -0.05) is 55.5 Å². The zero-order valence-electron chi connectivity index (χ0n) is 16.9. The number of hydrogen-bond acceptors (Lipinski definition) is 8. The third-order valence-electron chi connectivity index (χ3n) is 4.45. The third-order valence-corrected chi connectivity index (χ3v) is 5.55. The second kappa shape index (κ2) is 9.19. The van der Waals surface area contributed by atoms with Gasteiger partial charge in [0.05, 0.1) is 12.5 Å². The number of nitrogens with zero attached hydrogens (tertiary/aromatic N) is 1. The molecule has 158 valence electrons. The van der Waals surface area contributed by atoms with Crippen LogP contribution in [0.25, 0.3) is 10.2 Å². The summed E-state index contributed by atoms with van der Waals surface area (Å²) in [4.78, 5) is 41.3. The van der Waals surface area contributed by atoms with E-state index in [1.54, 1.807) is 20.8 Å². The number of nitrogens with one attached hydrogen (secondary N) is 1. The lowest BCUT2D eigenvalue weighted by Crippen LogP contribution is -2.20. The molecule has 0 saturated carbocycles. The van der Waals surface area contributed by atoms with E-state index in [4.69, 9.17) is 14.9 Å². The second-order valence-electron chi connectivity index (χ2n) is 7.18. The fraction of sp³-hybridized carbons (Fsp3) is 0.333. The van der Waals surface area contributed by atoms with Gasteiger partial charge >= 0.3 is 11.6 Å². The van der Waals surface area contributed by atoms with E-state index in [2.05, 4.69) is 10.3 Å². The summed E-state index contributed by atoms with van der Waals surface area (Å²) < 4.78 is 10.5. The standard InChI is InChI=1S/C21H23N3O5S/c1-11(2)17(26)23-19-12(3)16-20(30-19)24-18(29-21(16)27)14(22)9-15(25)28-10-13-7-5-4-6-8-13/h4-8,11,14H,9-10,22H2,1-3H3,(H,23,26). The number of ether oxygens (including phenoxy) is 1. The van der Waals surface area contributed by atoms with Crippen molar-refractivity contribution in [2.24, 2.45) is 11.7 Å². The molecule has 1 atom stereocenters. The molecule has 0 saturated heterocycles. The van der Waals surface area contributed by atoms with E-state index >= 15 is 0 Å². The fourth-order valence-electron chi connectivity index (χ4n) is 2.68. The zero-order chi connectivity index (χ0) is 21.8. The van der Waals surface area contributed by atoms with E-state index < -0.39 is 17.6 Å². The number of thiophene rings is 1. The van der Waals surface area contributed by atoms with Crippen molar-refractivity contribution < 1.29 is 18.7 Å². The Morgan fingerprint density at radius 2 is 1.97 bits per heavy atom. The molecule has 1 amide bonds. The maximum absolute atomic E-state index is 12.5. The van der Waals surface area contributed by atoms with Crippen molar-refractivity contribution in [3.8, 4) is 0 Å². The molecule has 9 heteroatoms. The first-order valence-corrected chi connectivity index (χ1v) is 10.3. The van der Waals surface area contributed by atoms with E-state index in [0.717, 1.165) is 5.56 Å². The molecule has 0 aliphatic carbocycles. The molecule has 30 heavy (non-hydrogen) atoms. The lowest BCUT2D eigenvalue weighted by Gasteiger charge is -2.09. The number of fused-ring (bicyclic) bond motifs is 1. The van der Waals surface area contributed by atoms with E-state index in [9.17, 15) is 14.4 Å². The predicted octanol–water partition coefficient (Wildman–Crippen LogP) is 3.29. The lowest BCUT2D eigenvalue weighted by atomic mass is 10.2. The first kappa shape index (κ1) is 21.7. The van der Waals surface area contributed by atoms with Gasteiger partial charge in [-0.05, 0) is 12.5 Å². The van der Waals surface area contributed by atoms with Crippen molar-refractivity contribution in [1.29, 1.82) is 0 Å². The van der Waals surface area contributed by atoms with E-state index in [1.807, 2.05) is 30.3 Å². The van der Waals surface area contributed by atoms with Crippen LogP contribution in [0, 0.1) is 12.8 Å². The van der Waals surface area contributed by atoms with E-state index in [0.29, 0.717) is 20.8 Å². The maximum Gasteiger partial charge on any atom is 0.348 e. The minimum absolute atomic E-state index is 0.0489. The number of benzene rings is 1. The first-order chi connectivity index (χ1) is 14.3. The van der Waals surface area contributed by atoms with Gasteiger partial charge in [0.15, 0.2) is 0 Å².